The first-order chi connectivity index (χ1) is 6.68. The highest BCUT2D eigenvalue weighted by Crippen LogP contribution is 2.39. The minimum Gasteiger partial charge on any atom is -0.229 e. The van der Waals surface area contributed by atoms with Crippen molar-refractivity contribution >= 4 is 10.0 Å². The Morgan fingerprint density at radius 2 is 1.60 bits per heavy atom. The second kappa shape index (κ2) is 4.42. The van der Waals surface area contributed by atoms with E-state index in [0.717, 1.165) is 31.6 Å². The van der Waals surface area contributed by atoms with Crippen LogP contribution in [0.2, 0.25) is 0 Å². The molecule has 0 saturated heterocycles. The molecule has 3 nitrogen and oxygen atoms in total. The summed E-state index contributed by atoms with van der Waals surface area (Å²) >= 11 is 0. The molecule has 15 heavy (non-hydrogen) atoms. The Kier molecular flexibility index (Phi) is 3.82. The van der Waals surface area contributed by atoms with E-state index in [0.29, 0.717) is 11.3 Å². The fourth-order valence-corrected chi connectivity index (χ4v) is 3.51. The average Bonchev–Trinajstić information content (AvgIpc) is 2.00. The smallest absolute Gasteiger partial charge is 0.209 e. The molecule has 0 spiro atoms. The summed E-state index contributed by atoms with van der Waals surface area (Å²) in [4.78, 5) is 0. The monoisotopic (exact) mass is 233 g/mol. The van der Waals surface area contributed by atoms with Gasteiger partial charge in [0.2, 0.25) is 10.0 Å². The molecule has 2 N–H and O–H groups in total. The number of primary sulfonamides is 1. The van der Waals surface area contributed by atoms with Gasteiger partial charge in [0.1, 0.15) is 0 Å². The number of nitrogens with two attached hydrogens (primary N) is 1. The quantitative estimate of drug-likeness (QED) is 0.794. The minimum absolute atomic E-state index is 0.170. The highest BCUT2D eigenvalue weighted by molar-refractivity contribution is 7.89. The van der Waals surface area contributed by atoms with Crippen molar-refractivity contribution in [3.05, 3.63) is 0 Å². The normalized spacial score (nSPS) is 29.1. The van der Waals surface area contributed by atoms with Crippen LogP contribution in [0, 0.1) is 17.3 Å². The Labute approximate surface area is 93.5 Å². The predicted octanol–water partition coefficient (Wildman–Crippen LogP) is 2.13. The van der Waals surface area contributed by atoms with Crippen LogP contribution in [0.4, 0.5) is 0 Å². The third-order valence-electron chi connectivity index (χ3n) is 3.54. The van der Waals surface area contributed by atoms with Gasteiger partial charge in [-0.05, 0) is 42.9 Å². The second-order valence-corrected chi connectivity index (χ2v) is 7.57. The van der Waals surface area contributed by atoms with Crippen LogP contribution in [0.15, 0.2) is 0 Å². The molecule has 1 rings (SSSR count). The van der Waals surface area contributed by atoms with E-state index in [9.17, 15) is 8.42 Å². The summed E-state index contributed by atoms with van der Waals surface area (Å²) in [6, 6.07) is 0. The standard InChI is InChI=1S/C11H23NO2S/c1-11(2,3)10-6-4-9(5-7-10)8-15(12,13)14/h9-10H,4-8H2,1-3H3,(H2,12,13,14). The van der Waals surface area contributed by atoms with Crippen LogP contribution < -0.4 is 5.14 Å². The van der Waals surface area contributed by atoms with E-state index < -0.39 is 10.0 Å². The Hall–Kier alpha value is -0.0900. The van der Waals surface area contributed by atoms with E-state index in [-0.39, 0.29) is 5.75 Å². The van der Waals surface area contributed by atoms with Crippen molar-refractivity contribution in [2.75, 3.05) is 5.75 Å². The van der Waals surface area contributed by atoms with Gasteiger partial charge in [-0.15, -0.1) is 0 Å². The number of sulfonamides is 1. The van der Waals surface area contributed by atoms with Gasteiger partial charge >= 0.3 is 0 Å². The largest absolute Gasteiger partial charge is 0.229 e. The van der Waals surface area contributed by atoms with Crippen molar-refractivity contribution in [1.82, 2.24) is 0 Å². The first-order valence-corrected chi connectivity index (χ1v) is 7.40. The number of hydrogen-bond donors (Lipinski definition) is 1. The van der Waals surface area contributed by atoms with Crippen molar-refractivity contribution < 1.29 is 8.42 Å². The molecule has 0 atom stereocenters. The minimum atomic E-state index is -3.28. The lowest BCUT2D eigenvalue weighted by Crippen LogP contribution is -2.30. The lowest BCUT2D eigenvalue weighted by Gasteiger charge is -2.36. The maximum Gasteiger partial charge on any atom is 0.209 e. The molecule has 0 radical (unpaired) electrons. The second-order valence-electron chi connectivity index (χ2n) is 5.91. The molecule has 1 fully saturated rings. The molecule has 1 aliphatic rings. The third kappa shape index (κ3) is 4.51. The SMILES string of the molecule is CC(C)(C)C1CCC(CS(N)(=O)=O)CC1. The molecule has 1 saturated carbocycles. The van der Waals surface area contributed by atoms with Gasteiger partial charge in [-0.2, -0.15) is 0 Å². The molecule has 0 amide bonds. The first-order valence-electron chi connectivity index (χ1n) is 5.69. The van der Waals surface area contributed by atoms with E-state index in [1.807, 2.05) is 0 Å². The summed E-state index contributed by atoms with van der Waals surface area (Å²) in [5, 5.41) is 5.06. The van der Waals surface area contributed by atoms with Crippen LogP contribution in [0.1, 0.15) is 46.5 Å². The lowest BCUT2D eigenvalue weighted by atomic mass is 9.70. The van der Waals surface area contributed by atoms with Crippen molar-refractivity contribution in [3.63, 3.8) is 0 Å². The van der Waals surface area contributed by atoms with Crippen LogP contribution in [-0.4, -0.2) is 14.2 Å². The number of rotatable bonds is 2. The van der Waals surface area contributed by atoms with E-state index in [1.165, 1.54) is 0 Å². The lowest BCUT2D eigenvalue weighted by molar-refractivity contribution is 0.156. The summed E-state index contributed by atoms with van der Waals surface area (Å²) in [5.74, 6) is 1.19. The zero-order valence-electron chi connectivity index (χ0n) is 9.99. The van der Waals surface area contributed by atoms with Gasteiger partial charge < -0.3 is 0 Å². The molecule has 0 aromatic carbocycles. The fraction of sp³-hybridized carbons (Fsp3) is 1.00. The van der Waals surface area contributed by atoms with E-state index >= 15 is 0 Å². The zero-order valence-corrected chi connectivity index (χ0v) is 10.8. The maximum absolute atomic E-state index is 11.0. The molecule has 0 aromatic rings. The molecule has 0 unspecified atom stereocenters. The van der Waals surface area contributed by atoms with Gasteiger partial charge in [-0.3, -0.25) is 0 Å². The highest BCUT2D eigenvalue weighted by Gasteiger charge is 2.30. The van der Waals surface area contributed by atoms with E-state index in [2.05, 4.69) is 20.8 Å². The molecule has 1 aliphatic carbocycles. The predicted molar refractivity (Wildman–Crippen MR) is 62.9 cm³/mol. The summed E-state index contributed by atoms with van der Waals surface area (Å²) < 4.78 is 21.9. The molecule has 4 heteroatoms. The van der Waals surface area contributed by atoms with Gasteiger partial charge in [-0.1, -0.05) is 20.8 Å². The highest BCUT2D eigenvalue weighted by atomic mass is 32.2. The van der Waals surface area contributed by atoms with Crippen molar-refractivity contribution in [3.8, 4) is 0 Å². The van der Waals surface area contributed by atoms with Crippen LogP contribution in [0.5, 0.6) is 0 Å². The molecule has 90 valence electrons. The van der Waals surface area contributed by atoms with Gasteiger partial charge in [-0.25, -0.2) is 13.6 Å². The van der Waals surface area contributed by atoms with Crippen molar-refractivity contribution in [2.24, 2.45) is 22.4 Å². The van der Waals surface area contributed by atoms with Crippen LogP contribution in [0.25, 0.3) is 0 Å². The Bertz CT molecular complexity index is 295. The average molecular weight is 233 g/mol. The number of hydrogen-bond acceptors (Lipinski definition) is 2. The molecular formula is C11H23NO2S. The third-order valence-corrected chi connectivity index (χ3v) is 4.48. The van der Waals surface area contributed by atoms with Crippen LogP contribution in [-0.2, 0) is 10.0 Å². The maximum atomic E-state index is 11.0. The van der Waals surface area contributed by atoms with Crippen molar-refractivity contribution in [2.45, 2.75) is 46.5 Å². The molecule has 0 bridgehead atoms. The van der Waals surface area contributed by atoms with E-state index in [1.54, 1.807) is 0 Å². The Morgan fingerprint density at radius 3 is 1.93 bits per heavy atom. The van der Waals surface area contributed by atoms with E-state index in [4.69, 9.17) is 5.14 Å². The Morgan fingerprint density at radius 1 is 1.13 bits per heavy atom. The first kappa shape index (κ1) is 13.0. The van der Waals surface area contributed by atoms with Gasteiger partial charge in [0.25, 0.3) is 0 Å². The molecular weight excluding hydrogens is 210 g/mol. The van der Waals surface area contributed by atoms with Gasteiger partial charge in [0, 0.05) is 0 Å². The summed E-state index contributed by atoms with van der Waals surface area (Å²) in [6.45, 7) is 6.78. The molecule has 0 heterocycles. The molecule has 0 aliphatic heterocycles. The topological polar surface area (TPSA) is 60.2 Å². The zero-order chi connectivity index (χ0) is 11.7. The van der Waals surface area contributed by atoms with Crippen LogP contribution >= 0.6 is 0 Å². The van der Waals surface area contributed by atoms with Gasteiger partial charge in [0.15, 0.2) is 0 Å². The molecule has 0 aromatic heterocycles. The summed E-state index contributed by atoms with van der Waals surface area (Å²) in [5.41, 5.74) is 0.354. The fourth-order valence-electron chi connectivity index (χ4n) is 2.52. The summed E-state index contributed by atoms with van der Waals surface area (Å²) in [6.07, 6.45) is 4.31. The van der Waals surface area contributed by atoms with Gasteiger partial charge in [0.05, 0.1) is 5.75 Å². The Balaban J connectivity index is 2.43. The van der Waals surface area contributed by atoms with Crippen LogP contribution in [0.3, 0.4) is 0 Å². The van der Waals surface area contributed by atoms with Crippen molar-refractivity contribution in [1.29, 1.82) is 0 Å². The summed E-state index contributed by atoms with van der Waals surface area (Å²) in [7, 11) is -3.28.